The van der Waals surface area contributed by atoms with E-state index in [1.165, 1.54) is 17.6 Å². The number of hydrogen-bond donors (Lipinski definition) is 1. The Balaban J connectivity index is 1.56. The number of nitrogens with zero attached hydrogens (tertiary/aromatic N) is 2. The van der Waals surface area contributed by atoms with Crippen molar-refractivity contribution in [3.63, 3.8) is 0 Å². The molecule has 4 rings (SSSR count). The van der Waals surface area contributed by atoms with Crippen molar-refractivity contribution in [3.8, 4) is 21.7 Å². The van der Waals surface area contributed by atoms with E-state index in [0.29, 0.717) is 5.13 Å². The fourth-order valence-electron chi connectivity index (χ4n) is 2.46. The van der Waals surface area contributed by atoms with Crippen molar-refractivity contribution in [1.82, 2.24) is 10.2 Å². The van der Waals surface area contributed by atoms with Gasteiger partial charge in [-0.15, -0.1) is 10.2 Å². The van der Waals surface area contributed by atoms with E-state index >= 15 is 0 Å². The van der Waals surface area contributed by atoms with Crippen LogP contribution in [0, 0.1) is 0 Å². The molecule has 0 saturated heterocycles. The molecule has 0 atom stereocenters. The maximum Gasteiger partial charge on any atom is 0.293 e. The van der Waals surface area contributed by atoms with Gasteiger partial charge in [0.2, 0.25) is 5.13 Å². The predicted octanol–water partition coefficient (Wildman–Crippen LogP) is 4.72. The van der Waals surface area contributed by atoms with Crippen molar-refractivity contribution in [1.29, 1.82) is 0 Å². The number of benzene rings is 2. The van der Waals surface area contributed by atoms with Gasteiger partial charge < -0.3 is 4.42 Å². The highest BCUT2D eigenvalue weighted by Crippen LogP contribution is 2.28. The number of amides is 1. The Hall–Kier alpha value is -3.25. The lowest BCUT2D eigenvalue weighted by Crippen LogP contribution is -2.11. The monoisotopic (exact) mass is 347 g/mol. The molecule has 6 heteroatoms. The molecule has 2 aromatic carbocycles. The molecule has 25 heavy (non-hydrogen) atoms. The summed E-state index contributed by atoms with van der Waals surface area (Å²) < 4.78 is 5.39. The van der Waals surface area contributed by atoms with Crippen molar-refractivity contribution in [2.45, 2.75) is 0 Å². The molecule has 1 N–H and O–H groups in total. The summed E-state index contributed by atoms with van der Waals surface area (Å²) in [4.78, 5) is 12.5. The second kappa shape index (κ2) is 6.70. The normalized spacial score (nSPS) is 10.6. The minimum Gasteiger partial charge on any atom is -0.459 e. The number of rotatable bonds is 4. The quantitative estimate of drug-likeness (QED) is 0.580. The van der Waals surface area contributed by atoms with Crippen molar-refractivity contribution in [2.75, 3.05) is 5.32 Å². The summed E-state index contributed by atoms with van der Waals surface area (Å²) in [5, 5.41) is 12.1. The van der Waals surface area contributed by atoms with Gasteiger partial charge in [-0.1, -0.05) is 72.0 Å². The average molecular weight is 347 g/mol. The first kappa shape index (κ1) is 15.3. The predicted molar refractivity (Wildman–Crippen MR) is 97.4 cm³/mol. The molecule has 1 amide bonds. The highest BCUT2D eigenvalue weighted by atomic mass is 32.1. The van der Waals surface area contributed by atoms with Crippen molar-refractivity contribution >= 4 is 22.4 Å². The van der Waals surface area contributed by atoms with Gasteiger partial charge in [0.05, 0.1) is 6.26 Å². The summed E-state index contributed by atoms with van der Waals surface area (Å²) in [6.45, 7) is 0. The summed E-state index contributed by atoms with van der Waals surface area (Å²) in [6, 6.07) is 21.1. The van der Waals surface area contributed by atoms with Gasteiger partial charge in [-0.25, -0.2) is 0 Å². The third kappa shape index (κ3) is 3.20. The fourth-order valence-corrected chi connectivity index (χ4v) is 3.20. The second-order valence-electron chi connectivity index (χ2n) is 5.26. The molecule has 0 fully saturated rings. The summed E-state index contributed by atoms with van der Waals surface area (Å²) in [7, 11) is 0. The van der Waals surface area contributed by atoms with Crippen LogP contribution in [0.2, 0.25) is 0 Å². The van der Waals surface area contributed by atoms with E-state index in [9.17, 15) is 4.79 Å². The van der Waals surface area contributed by atoms with Gasteiger partial charge in [-0.05, 0) is 11.6 Å². The van der Waals surface area contributed by atoms with Crippen LogP contribution in [0.4, 0.5) is 5.13 Å². The molecular weight excluding hydrogens is 334 g/mol. The van der Waals surface area contributed by atoms with E-state index in [1.54, 1.807) is 6.07 Å². The topological polar surface area (TPSA) is 68.0 Å². The van der Waals surface area contributed by atoms with Gasteiger partial charge in [0.15, 0.2) is 5.76 Å². The maximum atomic E-state index is 12.5. The van der Waals surface area contributed by atoms with Gasteiger partial charge in [0, 0.05) is 11.1 Å². The molecule has 0 radical (unpaired) electrons. The number of carbonyl (C=O) groups excluding carboxylic acids is 1. The van der Waals surface area contributed by atoms with Crippen LogP contribution in [-0.2, 0) is 0 Å². The van der Waals surface area contributed by atoms with Crippen LogP contribution < -0.4 is 5.32 Å². The molecule has 0 bridgehead atoms. The van der Waals surface area contributed by atoms with Crippen LogP contribution in [0.1, 0.15) is 10.6 Å². The van der Waals surface area contributed by atoms with Gasteiger partial charge >= 0.3 is 0 Å². The van der Waals surface area contributed by atoms with E-state index in [4.69, 9.17) is 4.42 Å². The first-order valence-corrected chi connectivity index (χ1v) is 8.46. The molecule has 2 aromatic heterocycles. The Morgan fingerprint density at radius 1 is 0.880 bits per heavy atom. The Morgan fingerprint density at radius 2 is 1.56 bits per heavy atom. The van der Waals surface area contributed by atoms with Crippen LogP contribution >= 0.6 is 11.3 Å². The van der Waals surface area contributed by atoms with E-state index in [0.717, 1.165) is 21.7 Å². The summed E-state index contributed by atoms with van der Waals surface area (Å²) >= 11 is 1.32. The first-order valence-electron chi connectivity index (χ1n) is 7.64. The zero-order chi connectivity index (χ0) is 17.1. The van der Waals surface area contributed by atoms with Gasteiger partial charge in [0.25, 0.3) is 5.91 Å². The molecule has 5 nitrogen and oxygen atoms in total. The average Bonchev–Trinajstić information content (AvgIpc) is 3.33. The highest BCUT2D eigenvalue weighted by molar-refractivity contribution is 7.18. The number of nitrogens with one attached hydrogen (secondary N) is 1. The fraction of sp³-hybridized carbons (Fsp3) is 0. The Bertz CT molecular complexity index is 994. The van der Waals surface area contributed by atoms with Crippen molar-refractivity contribution in [2.24, 2.45) is 0 Å². The lowest BCUT2D eigenvalue weighted by molar-refractivity contribution is 0.0997. The van der Waals surface area contributed by atoms with E-state index in [1.807, 2.05) is 60.7 Å². The Kier molecular flexibility index (Phi) is 4.10. The van der Waals surface area contributed by atoms with Crippen LogP contribution in [0.3, 0.4) is 0 Å². The van der Waals surface area contributed by atoms with Crippen LogP contribution in [-0.4, -0.2) is 16.1 Å². The zero-order valence-corrected chi connectivity index (χ0v) is 13.9. The number of hydrogen-bond acceptors (Lipinski definition) is 5. The smallest absolute Gasteiger partial charge is 0.293 e. The number of anilines is 1. The lowest BCUT2D eigenvalue weighted by atomic mass is 10.1. The minimum absolute atomic E-state index is 0.252. The van der Waals surface area contributed by atoms with Gasteiger partial charge in [-0.3, -0.25) is 10.1 Å². The molecule has 0 aliphatic carbocycles. The largest absolute Gasteiger partial charge is 0.459 e. The van der Waals surface area contributed by atoms with Crippen LogP contribution in [0.15, 0.2) is 77.4 Å². The standard InChI is InChI=1S/C19H13N3O2S/c23-17(16-15(11-12-24-16)13-7-3-1-4-8-13)20-19-22-21-18(25-19)14-9-5-2-6-10-14/h1-12H,(H,20,22,23). The molecule has 0 unspecified atom stereocenters. The number of aromatic nitrogens is 2. The van der Waals surface area contributed by atoms with E-state index in [-0.39, 0.29) is 11.7 Å². The molecule has 0 spiro atoms. The SMILES string of the molecule is O=C(Nc1nnc(-c2ccccc2)s1)c1occc1-c1ccccc1. The van der Waals surface area contributed by atoms with Crippen molar-refractivity contribution < 1.29 is 9.21 Å². The Labute approximate surface area is 148 Å². The molecule has 0 aliphatic heterocycles. The molecule has 0 aliphatic rings. The third-order valence-electron chi connectivity index (χ3n) is 3.62. The number of furan rings is 1. The second-order valence-corrected chi connectivity index (χ2v) is 6.24. The Morgan fingerprint density at radius 3 is 2.28 bits per heavy atom. The minimum atomic E-state index is -0.348. The van der Waals surface area contributed by atoms with E-state index < -0.39 is 0 Å². The lowest BCUT2D eigenvalue weighted by Gasteiger charge is -2.02. The molecule has 2 heterocycles. The summed E-state index contributed by atoms with van der Waals surface area (Å²) in [5.41, 5.74) is 2.62. The van der Waals surface area contributed by atoms with Crippen LogP contribution in [0.25, 0.3) is 21.7 Å². The maximum absolute atomic E-state index is 12.5. The summed E-state index contributed by atoms with van der Waals surface area (Å²) in [6.07, 6.45) is 1.51. The number of carbonyl (C=O) groups is 1. The highest BCUT2D eigenvalue weighted by Gasteiger charge is 2.18. The van der Waals surface area contributed by atoms with Gasteiger partial charge in [-0.2, -0.15) is 0 Å². The van der Waals surface area contributed by atoms with Crippen molar-refractivity contribution in [3.05, 3.63) is 78.8 Å². The van der Waals surface area contributed by atoms with Crippen LogP contribution in [0.5, 0.6) is 0 Å². The molecular formula is C19H13N3O2S. The van der Waals surface area contributed by atoms with Gasteiger partial charge in [0.1, 0.15) is 5.01 Å². The first-order chi connectivity index (χ1) is 12.3. The molecule has 4 aromatic rings. The zero-order valence-electron chi connectivity index (χ0n) is 13.0. The molecule has 122 valence electrons. The molecule has 0 saturated carbocycles. The summed E-state index contributed by atoms with van der Waals surface area (Å²) in [5.74, 6) is -0.0951. The van der Waals surface area contributed by atoms with E-state index in [2.05, 4.69) is 15.5 Å². The third-order valence-corrected chi connectivity index (χ3v) is 4.51.